The summed E-state index contributed by atoms with van der Waals surface area (Å²) in [5.74, 6) is 0.818. The van der Waals surface area contributed by atoms with Crippen LogP contribution >= 0.6 is 11.8 Å². The Morgan fingerprint density at radius 3 is 2.59 bits per heavy atom. The largest absolute Gasteiger partial charge is 0.497 e. The van der Waals surface area contributed by atoms with Gasteiger partial charge in [0.1, 0.15) is 11.8 Å². The maximum absolute atomic E-state index is 13.3. The number of benzene rings is 3. The first-order valence-corrected chi connectivity index (χ1v) is 10.2. The first kappa shape index (κ1) is 19.1. The van der Waals surface area contributed by atoms with Crippen LogP contribution in [0.4, 0.5) is 0 Å². The molecule has 0 N–H and O–H groups in total. The zero-order valence-corrected chi connectivity index (χ0v) is 16.9. The van der Waals surface area contributed by atoms with Crippen molar-refractivity contribution < 1.29 is 9.53 Å². The van der Waals surface area contributed by atoms with Gasteiger partial charge in [0.2, 0.25) is 0 Å². The lowest BCUT2D eigenvalue weighted by Gasteiger charge is -2.29. The van der Waals surface area contributed by atoms with Crippen LogP contribution in [0.3, 0.4) is 0 Å². The van der Waals surface area contributed by atoms with Gasteiger partial charge in [-0.1, -0.05) is 42.1 Å². The topological polar surface area (TPSA) is 53.3 Å². The number of amides is 1. The number of carbonyl (C=O) groups is 1. The van der Waals surface area contributed by atoms with E-state index in [9.17, 15) is 10.1 Å². The summed E-state index contributed by atoms with van der Waals surface area (Å²) in [7, 11) is 1.65. The van der Waals surface area contributed by atoms with Gasteiger partial charge >= 0.3 is 0 Å². The molecular weight excluding hydrogens is 380 g/mol. The number of nitriles is 1. The summed E-state index contributed by atoms with van der Waals surface area (Å²) in [5.41, 5.74) is 3.67. The Kier molecular flexibility index (Phi) is 5.55. The Morgan fingerprint density at radius 2 is 1.79 bits per heavy atom. The Balaban J connectivity index is 1.61. The quantitative estimate of drug-likeness (QED) is 0.624. The van der Waals surface area contributed by atoms with Crippen LogP contribution in [0, 0.1) is 11.3 Å². The molecule has 3 aromatic rings. The van der Waals surface area contributed by atoms with Crippen molar-refractivity contribution in [2.24, 2.45) is 0 Å². The van der Waals surface area contributed by atoms with E-state index in [1.807, 2.05) is 59.5 Å². The molecule has 0 aromatic heterocycles. The van der Waals surface area contributed by atoms with Crippen molar-refractivity contribution in [3.8, 4) is 11.8 Å². The lowest BCUT2D eigenvalue weighted by atomic mass is 9.99. The number of nitrogens with zero attached hydrogens (tertiary/aromatic N) is 2. The zero-order chi connectivity index (χ0) is 20.2. The van der Waals surface area contributed by atoms with Crippen LogP contribution in [0.5, 0.6) is 5.75 Å². The fourth-order valence-electron chi connectivity index (χ4n) is 3.50. The van der Waals surface area contributed by atoms with Gasteiger partial charge in [-0.2, -0.15) is 5.26 Å². The monoisotopic (exact) mass is 400 g/mol. The van der Waals surface area contributed by atoms with Crippen LogP contribution in [-0.4, -0.2) is 24.5 Å². The maximum Gasteiger partial charge on any atom is 0.255 e. The minimum Gasteiger partial charge on any atom is -0.497 e. The van der Waals surface area contributed by atoms with Gasteiger partial charge in [0.25, 0.3) is 5.91 Å². The van der Waals surface area contributed by atoms with Crippen LogP contribution in [0.25, 0.3) is 0 Å². The molecule has 0 saturated heterocycles. The summed E-state index contributed by atoms with van der Waals surface area (Å²) in [4.78, 5) is 16.9. The van der Waals surface area contributed by atoms with E-state index in [4.69, 9.17) is 4.74 Å². The first-order chi connectivity index (χ1) is 14.2. The first-order valence-electron chi connectivity index (χ1n) is 9.40. The summed E-state index contributed by atoms with van der Waals surface area (Å²) in [6, 6.07) is 23.3. The molecule has 0 spiro atoms. The molecular formula is C24H20N2O2S. The number of hydrogen-bond acceptors (Lipinski definition) is 4. The molecule has 144 valence electrons. The van der Waals surface area contributed by atoms with Gasteiger partial charge in [-0.25, -0.2) is 0 Å². The highest BCUT2D eigenvalue weighted by atomic mass is 32.2. The fraction of sp³-hybridized carbons (Fsp3) is 0.167. The van der Waals surface area contributed by atoms with Crippen LogP contribution in [-0.2, 0) is 13.0 Å². The second-order valence-electron chi connectivity index (χ2n) is 6.82. The number of rotatable bonds is 4. The number of ether oxygens (including phenoxy) is 1. The zero-order valence-electron chi connectivity index (χ0n) is 16.1. The van der Waals surface area contributed by atoms with Gasteiger partial charge in [-0.05, 0) is 53.9 Å². The lowest BCUT2D eigenvalue weighted by Crippen LogP contribution is -2.36. The highest BCUT2D eigenvalue weighted by Gasteiger charge is 2.24. The Bertz CT molecular complexity index is 1100. The minimum absolute atomic E-state index is 0.0102. The van der Waals surface area contributed by atoms with Crippen LogP contribution in [0.1, 0.15) is 27.0 Å². The number of carbonyl (C=O) groups excluding carboxylic acids is 1. The van der Waals surface area contributed by atoms with Crippen molar-refractivity contribution in [1.29, 1.82) is 5.26 Å². The van der Waals surface area contributed by atoms with Crippen LogP contribution in [0.2, 0.25) is 0 Å². The molecule has 0 radical (unpaired) electrons. The van der Waals surface area contributed by atoms with Crippen molar-refractivity contribution in [2.75, 3.05) is 13.7 Å². The normalized spacial score (nSPS) is 12.8. The van der Waals surface area contributed by atoms with E-state index in [0.29, 0.717) is 24.2 Å². The molecule has 0 unspecified atom stereocenters. The van der Waals surface area contributed by atoms with Crippen molar-refractivity contribution in [2.45, 2.75) is 22.8 Å². The molecule has 0 bridgehead atoms. The van der Waals surface area contributed by atoms with Gasteiger partial charge in [-0.3, -0.25) is 4.79 Å². The molecule has 0 atom stereocenters. The summed E-state index contributed by atoms with van der Waals surface area (Å²) in [6.07, 6.45) is 0.831. The third kappa shape index (κ3) is 3.98. The molecule has 0 aliphatic carbocycles. The van der Waals surface area contributed by atoms with Gasteiger partial charge < -0.3 is 9.64 Å². The molecule has 1 amide bonds. The van der Waals surface area contributed by atoms with Gasteiger partial charge in [0, 0.05) is 22.9 Å². The summed E-state index contributed by atoms with van der Waals surface area (Å²) in [5, 5.41) is 9.37. The van der Waals surface area contributed by atoms with E-state index in [1.54, 1.807) is 13.2 Å². The molecule has 0 saturated carbocycles. The average molecular weight is 401 g/mol. The van der Waals surface area contributed by atoms with Crippen LogP contribution < -0.4 is 4.74 Å². The summed E-state index contributed by atoms with van der Waals surface area (Å²) in [6.45, 7) is 1.26. The van der Waals surface area contributed by atoms with Gasteiger partial charge in [-0.15, -0.1) is 0 Å². The Hall–Kier alpha value is -3.23. The molecule has 3 aromatic carbocycles. The highest BCUT2D eigenvalue weighted by Crippen LogP contribution is 2.34. The van der Waals surface area contributed by atoms with E-state index in [0.717, 1.165) is 27.5 Å². The van der Waals surface area contributed by atoms with Crippen molar-refractivity contribution in [3.63, 3.8) is 0 Å². The molecule has 1 heterocycles. The maximum atomic E-state index is 13.3. The predicted octanol–water partition coefficient (Wildman–Crippen LogP) is 4.92. The summed E-state index contributed by atoms with van der Waals surface area (Å²) >= 11 is 1.46. The van der Waals surface area contributed by atoms with Crippen LogP contribution in [0.15, 0.2) is 76.5 Å². The fourth-order valence-corrected chi connectivity index (χ4v) is 4.52. The lowest BCUT2D eigenvalue weighted by molar-refractivity contribution is 0.0731. The van der Waals surface area contributed by atoms with Crippen molar-refractivity contribution >= 4 is 17.7 Å². The molecule has 4 rings (SSSR count). The second-order valence-corrected chi connectivity index (χ2v) is 7.90. The highest BCUT2D eigenvalue weighted by molar-refractivity contribution is 7.99. The average Bonchev–Trinajstić information content (AvgIpc) is 2.78. The van der Waals surface area contributed by atoms with E-state index >= 15 is 0 Å². The molecule has 0 fully saturated rings. The van der Waals surface area contributed by atoms with E-state index in [2.05, 4.69) is 12.1 Å². The molecule has 1 aliphatic rings. The van der Waals surface area contributed by atoms with Gasteiger partial charge in [0.15, 0.2) is 0 Å². The number of fused-ring (bicyclic) bond motifs is 1. The third-order valence-corrected chi connectivity index (χ3v) is 6.21. The van der Waals surface area contributed by atoms with Crippen molar-refractivity contribution in [3.05, 3.63) is 89.0 Å². The smallest absolute Gasteiger partial charge is 0.255 e. The van der Waals surface area contributed by atoms with Gasteiger partial charge in [0.05, 0.1) is 18.2 Å². The molecule has 4 nitrogen and oxygen atoms in total. The van der Waals surface area contributed by atoms with E-state index in [-0.39, 0.29) is 5.91 Å². The molecule has 29 heavy (non-hydrogen) atoms. The number of hydrogen-bond donors (Lipinski definition) is 0. The standard InChI is InChI=1S/C24H20N2O2S/c1-28-20-11-10-17-12-13-26(16-19(17)14-20)24(27)21-7-3-5-9-23(21)29-22-8-4-2-6-18(22)15-25/h2-11,14H,12-13,16H2,1H3. The third-order valence-electron chi connectivity index (χ3n) is 5.06. The van der Waals surface area contributed by atoms with E-state index in [1.165, 1.54) is 17.3 Å². The van der Waals surface area contributed by atoms with Crippen molar-refractivity contribution in [1.82, 2.24) is 4.90 Å². The summed E-state index contributed by atoms with van der Waals surface area (Å²) < 4.78 is 5.33. The Morgan fingerprint density at radius 1 is 1.03 bits per heavy atom. The Labute approximate surface area is 174 Å². The SMILES string of the molecule is COc1ccc2c(c1)CN(C(=O)c1ccccc1Sc1ccccc1C#N)CC2. The van der Waals surface area contributed by atoms with E-state index < -0.39 is 0 Å². The minimum atomic E-state index is 0.0102. The predicted molar refractivity (Wildman–Crippen MR) is 113 cm³/mol. The number of methoxy groups -OCH3 is 1. The molecule has 5 heteroatoms. The molecule has 1 aliphatic heterocycles. The second kappa shape index (κ2) is 8.42.